The third-order valence-corrected chi connectivity index (χ3v) is 3.25. The number of fused-ring (bicyclic) bond motifs is 1. The van der Waals surface area contributed by atoms with Crippen molar-refractivity contribution in [3.63, 3.8) is 0 Å². The van der Waals surface area contributed by atoms with Crippen molar-refractivity contribution in [3.05, 3.63) is 66.1 Å². The molecule has 3 nitrogen and oxygen atoms in total. The second-order valence-corrected chi connectivity index (χ2v) is 4.57. The van der Waals surface area contributed by atoms with Crippen LogP contribution in [0.5, 0.6) is 0 Å². The van der Waals surface area contributed by atoms with Gasteiger partial charge in [-0.3, -0.25) is 0 Å². The van der Waals surface area contributed by atoms with Gasteiger partial charge in [-0.25, -0.2) is 14.2 Å². The Bertz CT molecular complexity index is 816. The van der Waals surface area contributed by atoms with Gasteiger partial charge in [0.15, 0.2) is 0 Å². The Morgan fingerprint density at radius 1 is 1.10 bits per heavy atom. The molecule has 0 amide bonds. The number of rotatable bonds is 2. The van der Waals surface area contributed by atoms with Crippen molar-refractivity contribution in [1.29, 1.82) is 0 Å². The van der Waals surface area contributed by atoms with Crippen LogP contribution in [0.1, 0.15) is 10.5 Å². The molecule has 0 aliphatic heterocycles. The summed E-state index contributed by atoms with van der Waals surface area (Å²) in [6.07, 6.45) is 0. The molecule has 3 rings (SSSR count). The number of pyridine rings is 1. The summed E-state index contributed by atoms with van der Waals surface area (Å²) in [5.41, 5.74) is 2.34. The average Bonchev–Trinajstić information content (AvgIpc) is 2.53. The Morgan fingerprint density at radius 3 is 2.57 bits per heavy atom. The summed E-state index contributed by atoms with van der Waals surface area (Å²) in [6.45, 7) is 0. The van der Waals surface area contributed by atoms with Gasteiger partial charge >= 0.3 is 5.97 Å². The SMILES string of the molecule is COC(=O)c1cc(-c2ccccc2)c2ccc(F)cc2n1. The van der Waals surface area contributed by atoms with Crippen molar-refractivity contribution in [3.8, 4) is 11.1 Å². The van der Waals surface area contributed by atoms with Crippen LogP contribution in [-0.4, -0.2) is 18.1 Å². The van der Waals surface area contributed by atoms with Gasteiger partial charge in [-0.1, -0.05) is 30.3 Å². The number of benzene rings is 2. The van der Waals surface area contributed by atoms with Crippen molar-refractivity contribution in [2.24, 2.45) is 0 Å². The summed E-state index contributed by atoms with van der Waals surface area (Å²) < 4.78 is 18.1. The van der Waals surface area contributed by atoms with Crippen LogP contribution in [0.4, 0.5) is 4.39 Å². The standard InChI is InChI=1S/C17H12FNO2/c1-21-17(20)16-10-14(11-5-3-2-4-6-11)13-8-7-12(18)9-15(13)19-16/h2-10H,1H3. The molecule has 21 heavy (non-hydrogen) atoms. The van der Waals surface area contributed by atoms with Crippen molar-refractivity contribution in [1.82, 2.24) is 4.98 Å². The van der Waals surface area contributed by atoms with Gasteiger partial charge in [0.25, 0.3) is 0 Å². The van der Waals surface area contributed by atoms with Crippen LogP contribution in [0.2, 0.25) is 0 Å². The summed E-state index contributed by atoms with van der Waals surface area (Å²) in [5.74, 6) is -0.936. The minimum Gasteiger partial charge on any atom is -0.464 e. The van der Waals surface area contributed by atoms with E-state index in [-0.39, 0.29) is 5.69 Å². The Hall–Kier alpha value is -2.75. The molecule has 4 heteroatoms. The minimum atomic E-state index is -0.543. The van der Waals surface area contributed by atoms with Crippen molar-refractivity contribution < 1.29 is 13.9 Å². The average molecular weight is 281 g/mol. The van der Waals surface area contributed by atoms with Crippen molar-refractivity contribution in [2.45, 2.75) is 0 Å². The molecule has 3 aromatic rings. The zero-order chi connectivity index (χ0) is 14.8. The highest BCUT2D eigenvalue weighted by atomic mass is 19.1. The quantitative estimate of drug-likeness (QED) is 0.670. The van der Waals surface area contributed by atoms with E-state index in [2.05, 4.69) is 4.98 Å². The van der Waals surface area contributed by atoms with E-state index < -0.39 is 11.8 Å². The highest BCUT2D eigenvalue weighted by Crippen LogP contribution is 2.29. The molecule has 0 radical (unpaired) electrons. The number of ether oxygens (including phenoxy) is 1. The van der Waals surface area contributed by atoms with E-state index >= 15 is 0 Å². The lowest BCUT2D eigenvalue weighted by Crippen LogP contribution is -2.05. The molecule has 0 saturated heterocycles. The number of esters is 1. The van der Waals surface area contributed by atoms with E-state index in [0.717, 1.165) is 16.5 Å². The fourth-order valence-electron chi connectivity index (χ4n) is 2.27. The van der Waals surface area contributed by atoms with E-state index in [0.29, 0.717) is 5.52 Å². The van der Waals surface area contributed by atoms with Gasteiger partial charge in [-0.15, -0.1) is 0 Å². The van der Waals surface area contributed by atoms with Crippen LogP contribution >= 0.6 is 0 Å². The normalized spacial score (nSPS) is 10.6. The van der Waals surface area contributed by atoms with Crippen molar-refractivity contribution in [2.75, 3.05) is 7.11 Å². The monoisotopic (exact) mass is 281 g/mol. The van der Waals surface area contributed by atoms with Crippen LogP contribution in [0.25, 0.3) is 22.0 Å². The topological polar surface area (TPSA) is 39.2 Å². The molecule has 0 aliphatic rings. The molecule has 0 atom stereocenters. The summed E-state index contributed by atoms with van der Waals surface area (Å²) in [4.78, 5) is 15.9. The fourth-order valence-corrected chi connectivity index (χ4v) is 2.27. The number of carbonyl (C=O) groups is 1. The third-order valence-electron chi connectivity index (χ3n) is 3.25. The zero-order valence-electron chi connectivity index (χ0n) is 11.3. The maximum absolute atomic E-state index is 13.4. The summed E-state index contributed by atoms with van der Waals surface area (Å²) >= 11 is 0. The lowest BCUT2D eigenvalue weighted by Gasteiger charge is -2.09. The largest absolute Gasteiger partial charge is 0.464 e. The molecule has 1 aromatic heterocycles. The first-order valence-electron chi connectivity index (χ1n) is 6.43. The summed E-state index contributed by atoms with van der Waals surface area (Å²) in [6, 6.07) is 15.6. The highest BCUT2D eigenvalue weighted by Gasteiger charge is 2.13. The van der Waals surface area contributed by atoms with E-state index in [1.165, 1.54) is 19.2 Å². The van der Waals surface area contributed by atoms with Gasteiger partial charge in [0.05, 0.1) is 12.6 Å². The van der Waals surface area contributed by atoms with Crippen molar-refractivity contribution >= 4 is 16.9 Å². The Balaban J connectivity index is 2.33. The number of hydrogen-bond donors (Lipinski definition) is 0. The molecule has 0 unspecified atom stereocenters. The van der Waals surface area contributed by atoms with Gasteiger partial charge in [-0.2, -0.15) is 0 Å². The van der Waals surface area contributed by atoms with Gasteiger partial charge in [0.1, 0.15) is 11.5 Å². The second-order valence-electron chi connectivity index (χ2n) is 4.57. The first-order valence-corrected chi connectivity index (χ1v) is 6.43. The van der Waals surface area contributed by atoms with Gasteiger partial charge in [-0.05, 0) is 29.3 Å². The van der Waals surface area contributed by atoms with Crippen LogP contribution in [0, 0.1) is 5.82 Å². The minimum absolute atomic E-state index is 0.162. The molecule has 0 spiro atoms. The summed E-state index contributed by atoms with van der Waals surface area (Å²) in [7, 11) is 1.29. The molecule has 0 bridgehead atoms. The first-order chi connectivity index (χ1) is 10.2. The molecule has 104 valence electrons. The number of methoxy groups -OCH3 is 1. The number of hydrogen-bond acceptors (Lipinski definition) is 3. The van der Waals surface area contributed by atoms with Gasteiger partial charge in [0, 0.05) is 11.5 Å². The van der Waals surface area contributed by atoms with Gasteiger partial charge < -0.3 is 4.74 Å². The molecule has 1 heterocycles. The van der Waals surface area contributed by atoms with E-state index in [1.807, 2.05) is 30.3 Å². The Kier molecular flexibility index (Phi) is 3.36. The maximum atomic E-state index is 13.4. The van der Waals surface area contributed by atoms with Crippen LogP contribution in [0.15, 0.2) is 54.6 Å². The van der Waals surface area contributed by atoms with Crippen LogP contribution < -0.4 is 0 Å². The van der Waals surface area contributed by atoms with Crippen LogP contribution in [0.3, 0.4) is 0 Å². The highest BCUT2D eigenvalue weighted by molar-refractivity contribution is 5.99. The van der Waals surface area contributed by atoms with E-state index in [4.69, 9.17) is 4.74 Å². The first kappa shape index (κ1) is 13.2. The molecule has 0 fully saturated rings. The predicted molar refractivity (Wildman–Crippen MR) is 78.5 cm³/mol. The predicted octanol–water partition coefficient (Wildman–Crippen LogP) is 3.83. The lowest BCUT2D eigenvalue weighted by molar-refractivity contribution is 0.0594. The second kappa shape index (κ2) is 5.32. The molecular formula is C17H12FNO2. The molecule has 2 aromatic carbocycles. The fraction of sp³-hybridized carbons (Fsp3) is 0.0588. The molecular weight excluding hydrogens is 269 g/mol. The smallest absolute Gasteiger partial charge is 0.356 e. The Labute approximate surface area is 121 Å². The van der Waals surface area contributed by atoms with E-state index in [9.17, 15) is 9.18 Å². The van der Waals surface area contributed by atoms with Gasteiger partial charge in [0.2, 0.25) is 0 Å². The molecule has 0 saturated carbocycles. The lowest BCUT2D eigenvalue weighted by atomic mass is 10.00. The number of nitrogens with zero attached hydrogens (tertiary/aromatic N) is 1. The zero-order valence-corrected chi connectivity index (χ0v) is 11.3. The molecule has 0 aliphatic carbocycles. The maximum Gasteiger partial charge on any atom is 0.356 e. The third kappa shape index (κ3) is 2.48. The van der Waals surface area contributed by atoms with E-state index in [1.54, 1.807) is 12.1 Å². The summed E-state index contributed by atoms with van der Waals surface area (Å²) in [5, 5.41) is 0.787. The van der Waals surface area contributed by atoms with Crippen LogP contribution in [-0.2, 0) is 4.74 Å². The molecule has 0 N–H and O–H groups in total. The number of carbonyl (C=O) groups excluding carboxylic acids is 1. The number of aromatic nitrogens is 1. The number of halogens is 1. The Morgan fingerprint density at radius 2 is 1.86 bits per heavy atom.